The van der Waals surface area contributed by atoms with E-state index >= 15 is 0 Å². The Kier molecular flexibility index (Phi) is 9.14. The first-order chi connectivity index (χ1) is 19.6. The molecule has 4 aromatic rings. The molecule has 0 aliphatic heterocycles. The number of hydrogen-bond donors (Lipinski definition) is 2. The summed E-state index contributed by atoms with van der Waals surface area (Å²) in [6, 6.07) is 22.6. The highest BCUT2D eigenvalue weighted by molar-refractivity contribution is 7.93. The van der Waals surface area contributed by atoms with Gasteiger partial charge in [-0.25, -0.2) is 9.19 Å². The van der Waals surface area contributed by atoms with Crippen molar-refractivity contribution in [1.29, 1.82) is 5.26 Å². The average molecular weight is 606 g/mol. The maximum atomic E-state index is 13.3. The summed E-state index contributed by atoms with van der Waals surface area (Å²) >= 11 is 12.0. The fraction of sp³-hybridized carbons (Fsp3) is 0.0690. The molecule has 1 unspecified atom stereocenters. The van der Waals surface area contributed by atoms with Crippen molar-refractivity contribution in [2.75, 3.05) is 16.9 Å². The van der Waals surface area contributed by atoms with Crippen LogP contribution in [0, 0.1) is 11.3 Å². The average Bonchev–Trinajstić information content (AvgIpc) is 2.95. The third kappa shape index (κ3) is 7.35. The number of anilines is 2. The summed E-state index contributed by atoms with van der Waals surface area (Å²) in [5.41, 5.74) is 1.85. The maximum absolute atomic E-state index is 13.3. The van der Waals surface area contributed by atoms with Crippen molar-refractivity contribution in [3.05, 3.63) is 106 Å². The molecule has 0 aliphatic rings. The smallest absolute Gasteiger partial charge is 0.268 e. The van der Waals surface area contributed by atoms with E-state index in [1.807, 2.05) is 0 Å². The first-order valence-electron chi connectivity index (χ1n) is 11.9. The minimum Gasteiger partial charge on any atom is -0.321 e. The van der Waals surface area contributed by atoms with E-state index in [9.17, 15) is 18.6 Å². The second-order valence-corrected chi connectivity index (χ2v) is 11.8. The molecule has 41 heavy (non-hydrogen) atoms. The van der Waals surface area contributed by atoms with Crippen LogP contribution in [0.3, 0.4) is 0 Å². The molecule has 0 fully saturated rings. The monoisotopic (exact) mass is 605 g/mol. The van der Waals surface area contributed by atoms with Crippen LogP contribution in [-0.4, -0.2) is 33.2 Å². The molecule has 1 heterocycles. The highest BCUT2D eigenvalue weighted by Crippen LogP contribution is 2.29. The van der Waals surface area contributed by atoms with Crippen LogP contribution in [0.2, 0.25) is 10.0 Å². The summed E-state index contributed by atoms with van der Waals surface area (Å²) in [4.78, 5) is 42.3. The molecule has 1 aromatic heterocycles. The minimum absolute atomic E-state index is 0.126. The molecule has 3 aromatic carbocycles. The molecule has 206 valence electrons. The number of aromatic nitrogens is 1. The number of rotatable bonds is 7. The first kappa shape index (κ1) is 29.4. The molecule has 0 spiro atoms. The topological polar surface area (TPSA) is 141 Å². The van der Waals surface area contributed by atoms with Gasteiger partial charge in [0.15, 0.2) is 0 Å². The van der Waals surface area contributed by atoms with Crippen LogP contribution < -0.4 is 10.6 Å². The Labute approximate surface area is 246 Å². The Balaban J connectivity index is 1.57. The standard InChI is InChI=1S/C29H21Cl2N5O4S/c1-41(40,36-27(37)14-15-32)25-5-3-2-4-22(25)18-6-8-19(9-7-18)28(38)34-24-12-10-20(30)16-23(24)29(39)35-26-13-11-21(31)17-33-26/h2-13,16-17H,14H2,1H3,(H,34,38)(H,33,35,39). The predicted molar refractivity (Wildman–Crippen MR) is 158 cm³/mol. The third-order valence-electron chi connectivity index (χ3n) is 5.70. The van der Waals surface area contributed by atoms with Crippen LogP contribution in [0.4, 0.5) is 11.5 Å². The number of amides is 3. The largest absolute Gasteiger partial charge is 0.321 e. The minimum atomic E-state index is -3.13. The number of carbonyl (C=O) groups excluding carboxylic acids is 3. The lowest BCUT2D eigenvalue weighted by Gasteiger charge is -2.13. The van der Waals surface area contributed by atoms with Gasteiger partial charge in [-0.3, -0.25) is 14.4 Å². The molecule has 2 N–H and O–H groups in total. The number of benzene rings is 3. The van der Waals surface area contributed by atoms with Gasteiger partial charge in [-0.15, -0.1) is 0 Å². The molecule has 0 aliphatic carbocycles. The van der Waals surface area contributed by atoms with E-state index in [2.05, 4.69) is 20.0 Å². The number of carbonyl (C=O) groups is 3. The zero-order valence-electron chi connectivity index (χ0n) is 21.4. The Bertz CT molecular complexity index is 1810. The summed E-state index contributed by atoms with van der Waals surface area (Å²) < 4.78 is 17.0. The summed E-state index contributed by atoms with van der Waals surface area (Å²) in [6.45, 7) is 0. The highest BCUT2D eigenvalue weighted by Gasteiger charge is 2.18. The lowest BCUT2D eigenvalue weighted by molar-refractivity contribution is -0.116. The van der Waals surface area contributed by atoms with Crippen LogP contribution in [0.1, 0.15) is 27.1 Å². The SMILES string of the molecule is CS(=O)(=NC(=O)CC#N)c1ccccc1-c1ccc(C(=O)Nc2ccc(Cl)cc2C(=O)Nc2ccc(Cl)cn2)cc1. The molecule has 0 saturated carbocycles. The summed E-state index contributed by atoms with van der Waals surface area (Å²) in [5, 5.41) is 14.8. The van der Waals surface area contributed by atoms with Crippen LogP contribution in [0.5, 0.6) is 0 Å². The number of nitrogens with one attached hydrogen (secondary N) is 2. The van der Waals surface area contributed by atoms with Gasteiger partial charge < -0.3 is 10.6 Å². The molecule has 3 amide bonds. The number of hydrogen-bond acceptors (Lipinski definition) is 6. The van der Waals surface area contributed by atoms with Gasteiger partial charge in [-0.1, -0.05) is 53.5 Å². The van der Waals surface area contributed by atoms with Crippen molar-refractivity contribution in [3.8, 4) is 17.2 Å². The van der Waals surface area contributed by atoms with Crippen molar-refractivity contribution < 1.29 is 18.6 Å². The molecule has 1 atom stereocenters. The lowest BCUT2D eigenvalue weighted by atomic mass is 10.0. The summed E-state index contributed by atoms with van der Waals surface area (Å²) in [7, 11) is -3.13. The van der Waals surface area contributed by atoms with E-state index in [4.69, 9.17) is 28.5 Å². The van der Waals surface area contributed by atoms with Gasteiger partial charge in [0.1, 0.15) is 12.2 Å². The van der Waals surface area contributed by atoms with Gasteiger partial charge in [-0.2, -0.15) is 9.62 Å². The van der Waals surface area contributed by atoms with Gasteiger partial charge in [0.05, 0.1) is 37.0 Å². The summed E-state index contributed by atoms with van der Waals surface area (Å²) in [5.74, 6) is -1.51. The van der Waals surface area contributed by atoms with Crippen LogP contribution in [0.25, 0.3) is 11.1 Å². The lowest BCUT2D eigenvalue weighted by Crippen LogP contribution is -2.18. The number of nitrogens with zero attached hydrogens (tertiary/aromatic N) is 3. The van der Waals surface area contributed by atoms with Crippen molar-refractivity contribution >= 4 is 62.2 Å². The van der Waals surface area contributed by atoms with E-state index in [0.717, 1.165) is 0 Å². The second kappa shape index (κ2) is 12.7. The maximum Gasteiger partial charge on any atom is 0.268 e. The van der Waals surface area contributed by atoms with E-state index in [0.29, 0.717) is 26.1 Å². The molecule has 0 bridgehead atoms. The molecular formula is C29H21Cl2N5O4S. The number of halogens is 2. The van der Waals surface area contributed by atoms with Gasteiger partial charge >= 0.3 is 0 Å². The van der Waals surface area contributed by atoms with Crippen molar-refractivity contribution in [2.24, 2.45) is 4.36 Å². The Morgan fingerprint density at radius 2 is 1.63 bits per heavy atom. The molecule has 0 radical (unpaired) electrons. The quantitative estimate of drug-likeness (QED) is 0.248. The van der Waals surface area contributed by atoms with Crippen LogP contribution >= 0.6 is 23.2 Å². The fourth-order valence-electron chi connectivity index (χ4n) is 3.82. The van der Waals surface area contributed by atoms with Gasteiger partial charge in [-0.05, 0) is 59.7 Å². The van der Waals surface area contributed by atoms with E-state index < -0.39 is 33.9 Å². The Hall–Kier alpha value is -4.56. The third-order valence-corrected chi connectivity index (χ3v) is 7.89. The zero-order valence-corrected chi connectivity index (χ0v) is 23.8. The Morgan fingerprint density at radius 1 is 0.927 bits per heavy atom. The molecule has 9 nitrogen and oxygen atoms in total. The Morgan fingerprint density at radius 3 is 2.32 bits per heavy atom. The van der Waals surface area contributed by atoms with Crippen LogP contribution in [-0.2, 0) is 14.5 Å². The highest BCUT2D eigenvalue weighted by atomic mass is 35.5. The number of pyridine rings is 1. The summed E-state index contributed by atoms with van der Waals surface area (Å²) in [6.07, 6.45) is 2.26. The van der Waals surface area contributed by atoms with Crippen molar-refractivity contribution in [2.45, 2.75) is 11.3 Å². The van der Waals surface area contributed by atoms with E-state index in [1.165, 1.54) is 30.7 Å². The molecule has 12 heteroatoms. The van der Waals surface area contributed by atoms with Gasteiger partial charge in [0.25, 0.3) is 17.7 Å². The van der Waals surface area contributed by atoms with E-state index in [1.54, 1.807) is 66.7 Å². The molecule has 0 saturated heterocycles. The second-order valence-electron chi connectivity index (χ2n) is 8.66. The first-order valence-corrected chi connectivity index (χ1v) is 14.6. The normalized spacial score (nSPS) is 12.0. The van der Waals surface area contributed by atoms with E-state index in [-0.39, 0.29) is 22.6 Å². The van der Waals surface area contributed by atoms with Crippen LogP contribution in [0.15, 0.2) is 94.3 Å². The molecule has 4 rings (SSSR count). The molecular weight excluding hydrogens is 585 g/mol. The van der Waals surface area contributed by atoms with Gasteiger partial charge in [0.2, 0.25) is 0 Å². The van der Waals surface area contributed by atoms with Gasteiger partial charge in [0, 0.05) is 23.0 Å². The fourth-order valence-corrected chi connectivity index (χ4v) is 5.58. The number of nitriles is 1. The van der Waals surface area contributed by atoms with Crippen molar-refractivity contribution in [3.63, 3.8) is 0 Å². The zero-order chi connectivity index (χ0) is 29.6. The van der Waals surface area contributed by atoms with Crippen molar-refractivity contribution in [1.82, 2.24) is 4.98 Å². The predicted octanol–water partition coefficient (Wildman–Crippen LogP) is 6.46.